The first-order valence-corrected chi connectivity index (χ1v) is 1.10. The van der Waals surface area contributed by atoms with Gasteiger partial charge < -0.3 is 55.2 Å². The molecule has 13 heteroatoms. The van der Waals surface area contributed by atoms with Crippen LogP contribution < -0.4 is 0 Å². The molecule has 0 saturated heterocycles. The molecule has 13 heavy (non-hydrogen) atoms. The van der Waals surface area contributed by atoms with Gasteiger partial charge in [-0.2, -0.15) is 0 Å². The van der Waals surface area contributed by atoms with E-state index in [-0.39, 0.29) is 45.7 Å². The number of rotatable bonds is 0. The zero-order valence-electron chi connectivity index (χ0n) is 5.97. The van der Waals surface area contributed by atoms with Crippen LogP contribution in [0.1, 0.15) is 0 Å². The smallest absolute Gasteiger partial charge is 0.693 e. The molecule has 0 rings (SSSR count). The molecular formula is H8N6O6Pt-4. The largest absolute Gasteiger partial charge is 2.00 e. The molecule has 0 unspecified atom stereocenters. The Labute approximate surface area is 87.1 Å². The van der Waals surface area contributed by atoms with E-state index in [4.69, 9.17) is 30.6 Å². The Balaban J connectivity index is -0.00000000800. The van der Waals surface area contributed by atoms with Crippen molar-refractivity contribution in [1.82, 2.24) is 0 Å². The first-order chi connectivity index (χ1) is 3.46. The maximum Gasteiger partial charge on any atom is 2.00 e. The van der Waals surface area contributed by atoms with Crippen molar-refractivity contribution in [3.05, 3.63) is 55.2 Å². The third-order valence-electron chi connectivity index (χ3n) is 0. The van der Waals surface area contributed by atoms with Crippen LogP contribution in [-0.2, 0) is 21.1 Å². The van der Waals surface area contributed by atoms with Gasteiger partial charge in [0.2, 0.25) is 0 Å². The molecule has 0 aliphatic carbocycles. The molecule has 88 valence electrons. The molecule has 0 aliphatic rings. The van der Waals surface area contributed by atoms with Crippen molar-refractivity contribution in [2.75, 3.05) is 0 Å². The molecular weight excluding hydrogens is 375 g/mol. The van der Waals surface area contributed by atoms with Crippen LogP contribution in [0.3, 0.4) is 0 Å². The second-order valence-electron chi connectivity index (χ2n) is 0.447. The van der Waals surface area contributed by atoms with E-state index in [9.17, 15) is 0 Å². The standard InChI is InChI=1S/2NO3.4H2N.Pt/c2*2-1(3)4;;;;;/h;;4*1H2;/q6*-1;+2. The summed E-state index contributed by atoms with van der Waals surface area (Å²) in [5, 5.41) is 29.5. The zero-order valence-corrected chi connectivity index (χ0v) is 8.24. The number of nitrogens with zero attached hydrogens (tertiary/aromatic N) is 2. The molecule has 0 spiro atoms. The Morgan fingerprint density at radius 3 is 0.615 bits per heavy atom. The monoisotopic (exact) mass is 383 g/mol. The summed E-state index contributed by atoms with van der Waals surface area (Å²) in [6.07, 6.45) is 0. The molecule has 0 amide bonds. The summed E-state index contributed by atoms with van der Waals surface area (Å²) < 4.78 is 0. The normalized spacial score (nSPS) is 3.69. The number of hydrogen-bond acceptors (Lipinski definition) is 6. The van der Waals surface area contributed by atoms with Crippen molar-refractivity contribution in [3.63, 3.8) is 0 Å². The van der Waals surface area contributed by atoms with Crippen LogP contribution in [-0.4, -0.2) is 10.2 Å². The maximum absolute atomic E-state index is 8.25. The molecule has 0 bridgehead atoms. The number of nitrogens with two attached hydrogens (primary N) is 4. The van der Waals surface area contributed by atoms with E-state index < -0.39 is 10.2 Å². The van der Waals surface area contributed by atoms with Gasteiger partial charge in [0.15, 0.2) is 0 Å². The van der Waals surface area contributed by atoms with Gasteiger partial charge in [-0.1, -0.05) is 0 Å². The van der Waals surface area contributed by atoms with Gasteiger partial charge in [0.05, 0.1) is 10.2 Å². The Morgan fingerprint density at radius 1 is 0.615 bits per heavy atom. The molecule has 0 aromatic heterocycles. The summed E-state index contributed by atoms with van der Waals surface area (Å²) in [6.45, 7) is 0. The predicted octanol–water partition coefficient (Wildman–Crippen LogP) is 2.39. The van der Waals surface area contributed by atoms with Crippen molar-refractivity contribution in [1.29, 1.82) is 0 Å². The van der Waals surface area contributed by atoms with Gasteiger partial charge in [-0.15, -0.1) is 0 Å². The summed E-state index contributed by atoms with van der Waals surface area (Å²) >= 11 is 0. The van der Waals surface area contributed by atoms with E-state index in [1.807, 2.05) is 0 Å². The minimum atomic E-state index is -1.75. The molecule has 0 aliphatic heterocycles. The van der Waals surface area contributed by atoms with Gasteiger partial charge in [-0.25, -0.2) is 0 Å². The van der Waals surface area contributed by atoms with Gasteiger partial charge >= 0.3 is 21.1 Å². The van der Waals surface area contributed by atoms with Crippen molar-refractivity contribution in [2.24, 2.45) is 0 Å². The second kappa shape index (κ2) is 44.4. The van der Waals surface area contributed by atoms with Crippen molar-refractivity contribution in [3.8, 4) is 0 Å². The minimum Gasteiger partial charge on any atom is -0.693 e. The second-order valence-corrected chi connectivity index (χ2v) is 0.447. The first kappa shape index (κ1) is 58.7. The van der Waals surface area contributed by atoms with Crippen LogP contribution in [0, 0.1) is 30.6 Å². The quantitative estimate of drug-likeness (QED) is 0.446. The average Bonchev–Trinajstić information content (AvgIpc) is 1.25. The topological polar surface area (TPSA) is 266 Å². The molecule has 12 nitrogen and oxygen atoms in total. The summed E-state index contributed by atoms with van der Waals surface area (Å²) in [5.41, 5.74) is 0. The fourth-order valence-electron chi connectivity index (χ4n) is 0. The van der Waals surface area contributed by atoms with E-state index in [1.165, 1.54) is 0 Å². The van der Waals surface area contributed by atoms with Gasteiger partial charge in [-0.3, -0.25) is 0 Å². The fourth-order valence-corrected chi connectivity index (χ4v) is 0. The molecule has 8 N–H and O–H groups in total. The zero-order chi connectivity index (χ0) is 7.15. The van der Waals surface area contributed by atoms with Crippen LogP contribution in [0.4, 0.5) is 0 Å². The van der Waals surface area contributed by atoms with Crippen LogP contribution in [0.25, 0.3) is 24.6 Å². The molecule has 0 saturated carbocycles. The van der Waals surface area contributed by atoms with Crippen LogP contribution >= 0.6 is 0 Å². The maximum atomic E-state index is 8.25. The third kappa shape index (κ3) is 758. The molecule has 0 fully saturated rings. The van der Waals surface area contributed by atoms with E-state index in [0.29, 0.717) is 0 Å². The first-order valence-electron chi connectivity index (χ1n) is 1.10. The summed E-state index contributed by atoms with van der Waals surface area (Å²) in [6, 6.07) is 0. The van der Waals surface area contributed by atoms with Crippen molar-refractivity contribution < 1.29 is 31.2 Å². The van der Waals surface area contributed by atoms with Gasteiger partial charge in [-0.05, 0) is 0 Å². The van der Waals surface area contributed by atoms with Gasteiger partial charge in [0.25, 0.3) is 0 Å². The Kier molecular flexibility index (Phi) is 200. The Bertz CT molecular complexity index is 75.1. The average molecular weight is 383 g/mol. The van der Waals surface area contributed by atoms with E-state index >= 15 is 0 Å². The summed E-state index contributed by atoms with van der Waals surface area (Å²) in [7, 11) is 0. The van der Waals surface area contributed by atoms with Gasteiger partial charge in [0.1, 0.15) is 0 Å². The summed E-state index contributed by atoms with van der Waals surface area (Å²) in [5.74, 6) is 0. The van der Waals surface area contributed by atoms with E-state index in [0.717, 1.165) is 0 Å². The molecule has 0 heterocycles. The minimum absolute atomic E-state index is 0. The van der Waals surface area contributed by atoms with Crippen LogP contribution in [0.2, 0.25) is 0 Å². The predicted molar refractivity (Wildman–Crippen MR) is 41.9 cm³/mol. The molecule has 0 aromatic carbocycles. The SMILES string of the molecule is O=[N+]([O-])[O-].O=[N+]([O-])[O-].[NH2-].[NH2-].[NH2-].[NH2-].[Pt+2]. The van der Waals surface area contributed by atoms with E-state index in [1.54, 1.807) is 0 Å². The molecule has 0 radical (unpaired) electrons. The molecule has 0 aromatic rings. The van der Waals surface area contributed by atoms with Crippen molar-refractivity contribution >= 4 is 0 Å². The van der Waals surface area contributed by atoms with Gasteiger partial charge in [0, 0.05) is 0 Å². The Hall–Kier alpha value is -1.07. The van der Waals surface area contributed by atoms with Crippen LogP contribution in [0.5, 0.6) is 0 Å². The third-order valence-corrected chi connectivity index (χ3v) is 0. The molecule has 0 atom stereocenters. The summed E-state index contributed by atoms with van der Waals surface area (Å²) in [4.78, 5) is 16.5. The van der Waals surface area contributed by atoms with Crippen molar-refractivity contribution in [2.45, 2.75) is 0 Å². The Morgan fingerprint density at radius 2 is 0.615 bits per heavy atom. The fraction of sp³-hybridized carbons (Fsp3) is 0. The number of hydrogen-bond donors (Lipinski definition) is 0. The van der Waals surface area contributed by atoms with Crippen LogP contribution in [0.15, 0.2) is 0 Å². The van der Waals surface area contributed by atoms with E-state index in [2.05, 4.69) is 0 Å².